The Morgan fingerprint density at radius 1 is 1.03 bits per heavy atom. The van der Waals surface area contributed by atoms with Crippen LogP contribution >= 0.6 is 0 Å². The standard InChI is InChI=1S/C22H30N6O3/c1-5-23-22(24-11-8-10-20-27-26-19-9-6-7-12-28(19)20)25-15-16-13-17(29-2)21(31-4)18(14-16)30-3/h6-7,9,12-14H,5,8,10-11,15H2,1-4H3,(H2,23,24,25). The Bertz CT molecular complexity index is 992. The van der Waals surface area contributed by atoms with E-state index in [1.54, 1.807) is 21.3 Å². The van der Waals surface area contributed by atoms with E-state index in [0.717, 1.165) is 48.9 Å². The van der Waals surface area contributed by atoms with E-state index in [1.165, 1.54) is 0 Å². The molecule has 0 aliphatic rings. The molecule has 3 rings (SSSR count). The molecule has 0 spiro atoms. The third-order valence-electron chi connectivity index (χ3n) is 4.74. The number of benzene rings is 1. The molecule has 0 fully saturated rings. The molecule has 9 nitrogen and oxygen atoms in total. The number of aromatic nitrogens is 3. The molecule has 2 heterocycles. The average molecular weight is 427 g/mol. The number of hydrogen-bond acceptors (Lipinski definition) is 6. The Morgan fingerprint density at radius 2 is 1.81 bits per heavy atom. The van der Waals surface area contributed by atoms with E-state index in [4.69, 9.17) is 14.2 Å². The normalized spacial score (nSPS) is 11.4. The Hall–Kier alpha value is -3.49. The molecule has 2 N–H and O–H groups in total. The molecule has 0 atom stereocenters. The highest BCUT2D eigenvalue weighted by Gasteiger charge is 2.13. The zero-order valence-electron chi connectivity index (χ0n) is 18.5. The third kappa shape index (κ3) is 5.56. The van der Waals surface area contributed by atoms with E-state index in [1.807, 2.05) is 47.9 Å². The van der Waals surface area contributed by atoms with E-state index >= 15 is 0 Å². The van der Waals surface area contributed by atoms with Gasteiger partial charge in [0.25, 0.3) is 0 Å². The third-order valence-corrected chi connectivity index (χ3v) is 4.74. The first-order valence-corrected chi connectivity index (χ1v) is 10.3. The van der Waals surface area contributed by atoms with Crippen LogP contribution in [0.5, 0.6) is 17.2 Å². The first-order chi connectivity index (χ1) is 15.2. The van der Waals surface area contributed by atoms with Crippen molar-refractivity contribution in [3.63, 3.8) is 0 Å². The minimum absolute atomic E-state index is 0.473. The number of aryl methyl sites for hydroxylation is 1. The van der Waals surface area contributed by atoms with Crippen LogP contribution in [-0.4, -0.2) is 55.0 Å². The van der Waals surface area contributed by atoms with Gasteiger partial charge >= 0.3 is 0 Å². The van der Waals surface area contributed by atoms with Gasteiger partial charge in [-0.3, -0.25) is 4.40 Å². The Labute approximate surface area is 182 Å². The first kappa shape index (κ1) is 22.2. The fourth-order valence-corrected chi connectivity index (χ4v) is 3.25. The second-order valence-corrected chi connectivity index (χ2v) is 6.80. The molecule has 2 aromatic heterocycles. The summed E-state index contributed by atoms with van der Waals surface area (Å²) in [4.78, 5) is 4.68. The number of pyridine rings is 1. The summed E-state index contributed by atoms with van der Waals surface area (Å²) in [6, 6.07) is 9.71. The molecule has 0 unspecified atom stereocenters. The van der Waals surface area contributed by atoms with Gasteiger partial charge in [-0.25, -0.2) is 4.99 Å². The molecular formula is C22H30N6O3. The van der Waals surface area contributed by atoms with Crippen LogP contribution in [0.3, 0.4) is 0 Å². The smallest absolute Gasteiger partial charge is 0.203 e. The summed E-state index contributed by atoms with van der Waals surface area (Å²) in [6.45, 7) is 4.05. The molecule has 3 aromatic rings. The monoisotopic (exact) mass is 426 g/mol. The van der Waals surface area contributed by atoms with Crippen molar-refractivity contribution in [3.05, 3.63) is 47.9 Å². The van der Waals surface area contributed by atoms with Crippen LogP contribution < -0.4 is 24.8 Å². The summed E-state index contributed by atoms with van der Waals surface area (Å²) in [7, 11) is 4.80. The molecule has 0 saturated heterocycles. The van der Waals surface area contributed by atoms with Crippen LogP contribution in [0.1, 0.15) is 24.7 Å². The molecule has 166 valence electrons. The zero-order valence-corrected chi connectivity index (χ0v) is 18.5. The van der Waals surface area contributed by atoms with Crippen LogP contribution in [0.15, 0.2) is 41.5 Å². The fraction of sp³-hybridized carbons (Fsp3) is 0.409. The predicted octanol–water partition coefficient (Wildman–Crippen LogP) is 2.44. The summed E-state index contributed by atoms with van der Waals surface area (Å²) in [6.07, 6.45) is 3.72. The number of guanidine groups is 1. The van der Waals surface area contributed by atoms with E-state index < -0.39 is 0 Å². The van der Waals surface area contributed by atoms with Gasteiger partial charge in [-0.2, -0.15) is 0 Å². The highest BCUT2D eigenvalue weighted by atomic mass is 16.5. The second-order valence-electron chi connectivity index (χ2n) is 6.80. The lowest BCUT2D eigenvalue weighted by Crippen LogP contribution is -2.37. The first-order valence-electron chi connectivity index (χ1n) is 10.3. The zero-order chi connectivity index (χ0) is 22.1. The summed E-state index contributed by atoms with van der Waals surface area (Å²) >= 11 is 0. The molecule has 0 aliphatic carbocycles. The maximum Gasteiger partial charge on any atom is 0.203 e. The van der Waals surface area contributed by atoms with Gasteiger partial charge in [-0.15, -0.1) is 10.2 Å². The molecule has 0 aliphatic heterocycles. The van der Waals surface area contributed by atoms with Gasteiger partial charge in [0.2, 0.25) is 5.75 Å². The SMILES string of the molecule is CCNC(=NCc1cc(OC)c(OC)c(OC)c1)NCCCc1nnc2ccccn12. The molecule has 0 bridgehead atoms. The lowest BCUT2D eigenvalue weighted by molar-refractivity contribution is 0.324. The van der Waals surface area contributed by atoms with Gasteiger partial charge in [-0.05, 0) is 43.2 Å². The largest absolute Gasteiger partial charge is 0.493 e. The second kappa shape index (κ2) is 11.1. The highest BCUT2D eigenvalue weighted by Crippen LogP contribution is 2.38. The lowest BCUT2D eigenvalue weighted by atomic mass is 10.2. The van der Waals surface area contributed by atoms with Crippen molar-refractivity contribution >= 4 is 11.6 Å². The number of fused-ring (bicyclic) bond motifs is 1. The van der Waals surface area contributed by atoms with Crippen molar-refractivity contribution in [2.45, 2.75) is 26.3 Å². The van der Waals surface area contributed by atoms with Crippen LogP contribution in [0, 0.1) is 0 Å². The van der Waals surface area contributed by atoms with E-state index in [-0.39, 0.29) is 0 Å². The van der Waals surface area contributed by atoms with Crippen LogP contribution in [0.2, 0.25) is 0 Å². The predicted molar refractivity (Wildman–Crippen MR) is 120 cm³/mol. The van der Waals surface area contributed by atoms with Gasteiger partial charge in [0.05, 0.1) is 27.9 Å². The quantitative estimate of drug-likeness (QED) is 0.292. The summed E-state index contributed by atoms with van der Waals surface area (Å²) in [5, 5.41) is 15.1. The average Bonchev–Trinajstić information content (AvgIpc) is 3.22. The van der Waals surface area contributed by atoms with E-state index in [9.17, 15) is 0 Å². The lowest BCUT2D eigenvalue weighted by Gasteiger charge is -2.14. The number of ether oxygens (including phenoxy) is 3. The highest BCUT2D eigenvalue weighted by molar-refractivity contribution is 5.79. The molecule has 1 aromatic carbocycles. The van der Waals surface area contributed by atoms with Crippen molar-refractivity contribution in [3.8, 4) is 17.2 Å². The van der Waals surface area contributed by atoms with Gasteiger partial charge < -0.3 is 24.8 Å². The number of nitrogens with one attached hydrogen (secondary N) is 2. The number of nitrogens with zero attached hydrogens (tertiary/aromatic N) is 4. The van der Waals surface area contributed by atoms with Crippen LogP contribution in [0.4, 0.5) is 0 Å². The topological polar surface area (TPSA) is 94.3 Å². The van der Waals surface area contributed by atoms with Crippen LogP contribution in [0.25, 0.3) is 5.65 Å². The van der Waals surface area contributed by atoms with Crippen molar-refractivity contribution in [2.24, 2.45) is 4.99 Å². The van der Waals surface area contributed by atoms with Crippen molar-refractivity contribution in [2.75, 3.05) is 34.4 Å². The fourth-order valence-electron chi connectivity index (χ4n) is 3.25. The maximum atomic E-state index is 5.42. The molecule has 0 saturated carbocycles. The number of rotatable bonds is 10. The Morgan fingerprint density at radius 3 is 2.48 bits per heavy atom. The number of hydrogen-bond donors (Lipinski definition) is 2. The summed E-state index contributed by atoms with van der Waals surface area (Å²) < 4.78 is 18.2. The summed E-state index contributed by atoms with van der Waals surface area (Å²) in [5.41, 5.74) is 1.83. The van der Waals surface area contributed by atoms with Gasteiger partial charge in [-0.1, -0.05) is 6.07 Å². The Kier molecular flexibility index (Phi) is 7.91. The van der Waals surface area contributed by atoms with Crippen molar-refractivity contribution < 1.29 is 14.2 Å². The minimum atomic E-state index is 0.473. The van der Waals surface area contributed by atoms with Gasteiger partial charge in [0, 0.05) is 25.7 Å². The van der Waals surface area contributed by atoms with E-state index in [0.29, 0.717) is 23.8 Å². The van der Waals surface area contributed by atoms with Crippen molar-refractivity contribution in [1.29, 1.82) is 0 Å². The number of aliphatic imine (C=N–C) groups is 1. The van der Waals surface area contributed by atoms with E-state index in [2.05, 4.69) is 25.8 Å². The maximum absolute atomic E-state index is 5.42. The van der Waals surface area contributed by atoms with Gasteiger partial charge in [0.1, 0.15) is 5.82 Å². The molecule has 0 amide bonds. The molecule has 31 heavy (non-hydrogen) atoms. The minimum Gasteiger partial charge on any atom is -0.493 e. The number of methoxy groups -OCH3 is 3. The van der Waals surface area contributed by atoms with Crippen LogP contribution in [-0.2, 0) is 13.0 Å². The van der Waals surface area contributed by atoms with Crippen molar-refractivity contribution in [1.82, 2.24) is 25.2 Å². The summed E-state index contributed by atoms with van der Waals surface area (Å²) in [5.74, 6) is 3.51. The molecule has 9 heteroatoms. The molecular weight excluding hydrogens is 396 g/mol. The molecule has 0 radical (unpaired) electrons. The Balaban J connectivity index is 1.60. The van der Waals surface area contributed by atoms with Gasteiger partial charge in [0.15, 0.2) is 23.1 Å².